The lowest BCUT2D eigenvalue weighted by Crippen LogP contribution is -2.01. The fraction of sp³-hybridized carbons (Fsp3) is 0.375. The predicted octanol–water partition coefficient (Wildman–Crippen LogP) is 4.59. The number of aromatic nitrogens is 2. The van der Waals surface area contributed by atoms with Gasteiger partial charge in [-0.05, 0) is 50.5 Å². The van der Waals surface area contributed by atoms with Crippen LogP contribution in [-0.4, -0.2) is 9.97 Å². The number of halogens is 1. The van der Waals surface area contributed by atoms with Gasteiger partial charge in [-0.15, -0.1) is 0 Å². The number of hydrogen-bond acceptors (Lipinski definition) is 2. The molecule has 19 heavy (non-hydrogen) atoms. The van der Waals surface area contributed by atoms with Crippen LogP contribution in [0.5, 0.6) is 0 Å². The first kappa shape index (κ1) is 14.0. The molecule has 100 valence electrons. The standard InChI is InChI=1S/C16H19ClN2/c1-6-14-18-15(12(5)16(17)19-14)13-8-10(3)9(2)7-11(13)4/h7-8H,6H2,1-5H3. The summed E-state index contributed by atoms with van der Waals surface area (Å²) in [5.41, 5.74) is 6.85. The molecule has 0 aliphatic rings. The lowest BCUT2D eigenvalue weighted by Gasteiger charge is -2.13. The van der Waals surface area contributed by atoms with Crippen molar-refractivity contribution in [2.75, 3.05) is 0 Å². The summed E-state index contributed by atoms with van der Waals surface area (Å²) >= 11 is 6.22. The number of benzene rings is 1. The van der Waals surface area contributed by atoms with Crippen LogP contribution in [0.4, 0.5) is 0 Å². The molecular formula is C16H19ClN2. The minimum Gasteiger partial charge on any atom is -0.233 e. The van der Waals surface area contributed by atoms with Gasteiger partial charge in [0.05, 0.1) is 5.69 Å². The Hall–Kier alpha value is -1.41. The molecule has 0 aliphatic carbocycles. The zero-order valence-electron chi connectivity index (χ0n) is 12.1. The molecule has 0 N–H and O–H groups in total. The van der Waals surface area contributed by atoms with Crippen molar-refractivity contribution in [1.82, 2.24) is 9.97 Å². The Balaban J connectivity index is 2.71. The predicted molar refractivity (Wildman–Crippen MR) is 80.8 cm³/mol. The van der Waals surface area contributed by atoms with Crippen molar-refractivity contribution >= 4 is 11.6 Å². The molecule has 0 bridgehead atoms. The lowest BCUT2D eigenvalue weighted by atomic mass is 9.97. The van der Waals surface area contributed by atoms with Gasteiger partial charge in [0.15, 0.2) is 0 Å². The van der Waals surface area contributed by atoms with Gasteiger partial charge in [-0.2, -0.15) is 0 Å². The summed E-state index contributed by atoms with van der Waals surface area (Å²) in [4.78, 5) is 8.96. The smallest absolute Gasteiger partial charge is 0.136 e. The third-order valence-electron chi connectivity index (χ3n) is 3.54. The average Bonchev–Trinajstić information content (AvgIpc) is 2.37. The van der Waals surface area contributed by atoms with E-state index in [1.807, 2.05) is 13.8 Å². The van der Waals surface area contributed by atoms with Crippen LogP contribution in [0.2, 0.25) is 5.15 Å². The fourth-order valence-corrected chi connectivity index (χ4v) is 2.36. The van der Waals surface area contributed by atoms with Gasteiger partial charge in [-0.25, -0.2) is 9.97 Å². The van der Waals surface area contributed by atoms with Crippen LogP contribution in [0.25, 0.3) is 11.3 Å². The summed E-state index contributed by atoms with van der Waals surface area (Å²) in [7, 11) is 0. The second-order valence-electron chi connectivity index (χ2n) is 5.01. The molecule has 0 atom stereocenters. The molecule has 0 aliphatic heterocycles. The maximum atomic E-state index is 6.22. The molecule has 0 fully saturated rings. The Morgan fingerprint density at radius 3 is 2.21 bits per heavy atom. The zero-order chi connectivity index (χ0) is 14.2. The molecule has 2 nitrogen and oxygen atoms in total. The molecule has 0 saturated carbocycles. The van der Waals surface area contributed by atoms with E-state index in [2.05, 4.69) is 42.9 Å². The third-order valence-corrected chi connectivity index (χ3v) is 3.91. The number of nitrogens with zero attached hydrogens (tertiary/aromatic N) is 2. The van der Waals surface area contributed by atoms with Crippen LogP contribution in [0.15, 0.2) is 12.1 Å². The van der Waals surface area contributed by atoms with Crippen LogP contribution >= 0.6 is 11.6 Å². The molecule has 1 aromatic heterocycles. The highest BCUT2D eigenvalue weighted by atomic mass is 35.5. The SMILES string of the molecule is CCc1nc(Cl)c(C)c(-c2cc(C)c(C)cc2C)n1. The van der Waals surface area contributed by atoms with Crippen molar-refractivity contribution < 1.29 is 0 Å². The summed E-state index contributed by atoms with van der Waals surface area (Å²) in [6.07, 6.45) is 0.789. The van der Waals surface area contributed by atoms with E-state index in [1.54, 1.807) is 0 Å². The van der Waals surface area contributed by atoms with Gasteiger partial charge < -0.3 is 0 Å². The lowest BCUT2D eigenvalue weighted by molar-refractivity contribution is 0.933. The van der Waals surface area contributed by atoms with E-state index in [9.17, 15) is 0 Å². The monoisotopic (exact) mass is 274 g/mol. The van der Waals surface area contributed by atoms with E-state index >= 15 is 0 Å². The van der Waals surface area contributed by atoms with Crippen LogP contribution in [0, 0.1) is 27.7 Å². The van der Waals surface area contributed by atoms with Crippen molar-refractivity contribution in [3.63, 3.8) is 0 Å². The number of aryl methyl sites for hydroxylation is 4. The van der Waals surface area contributed by atoms with E-state index in [1.165, 1.54) is 16.7 Å². The van der Waals surface area contributed by atoms with Gasteiger partial charge in [0, 0.05) is 17.5 Å². The average molecular weight is 275 g/mol. The minimum atomic E-state index is 0.555. The first-order chi connectivity index (χ1) is 8.93. The van der Waals surface area contributed by atoms with Gasteiger partial charge in [0.2, 0.25) is 0 Å². The molecule has 1 heterocycles. The first-order valence-electron chi connectivity index (χ1n) is 6.55. The molecule has 3 heteroatoms. The fourth-order valence-electron chi connectivity index (χ4n) is 2.17. The topological polar surface area (TPSA) is 25.8 Å². The van der Waals surface area contributed by atoms with E-state index in [0.29, 0.717) is 5.15 Å². The number of hydrogen-bond donors (Lipinski definition) is 0. The Labute approximate surface area is 119 Å². The van der Waals surface area contributed by atoms with Crippen molar-refractivity contribution in [2.24, 2.45) is 0 Å². The molecule has 0 saturated heterocycles. The van der Waals surface area contributed by atoms with Crippen molar-refractivity contribution in [2.45, 2.75) is 41.0 Å². The van der Waals surface area contributed by atoms with E-state index in [4.69, 9.17) is 11.6 Å². The summed E-state index contributed by atoms with van der Waals surface area (Å²) in [6, 6.07) is 4.39. The molecular weight excluding hydrogens is 256 g/mol. The molecule has 0 spiro atoms. The Bertz CT molecular complexity index is 633. The Morgan fingerprint density at radius 2 is 1.58 bits per heavy atom. The molecule has 1 aromatic carbocycles. The van der Waals surface area contributed by atoms with Crippen molar-refractivity contribution in [3.8, 4) is 11.3 Å². The van der Waals surface area contributed by atoms with Crippen molar-refractivity contribution in [1.29, 1.82) is 0 Å². The highest BCUT2D eigenvalue weighted by Crippen LogP contribution is 2.30. The van der Waals surface area contributed by atoms with Gasteiger partial charge in [-0.3, -0.25) is 0 Å². The maximum absolute atomic E-state index is 6.22. The summed E-state index contributed by atoms with van der Waals surface area (Å²) < 4.78 is 0. The first-order valence-corrected chi connectivity index (χ1v) is 6.93. The Morgan fingerprint density at radius 1 is 0.947 bits per heavy atom. The molecule has 2 rings (SSSR count). The van der Waals surface area contributed by atoms with Crippen molar-refractivity contribution in [3.05, 3.63) is 45.4 Å². The second-order valence-corrected chi connectivity index (χ2v) is 5.37. The highest BCUT2D eigenvalue weighted by Gasteiger charge is 2.13. The Kier molecular flexibility index (Phi) is 3.91. The van der Waals surface area contributed by atoms with Gasteiger partial charge in [0.25, 0.3) is 0 Å². The third kappa shape index (κ3) is 2.64. The van der Waals surface area contributed by atoms with Gasteiger partial charge in [0.1, 0.15) is 11.0 Å². The maximum Gasteiger partial charge on any atom is 0.136 e. The quantitative estimate of drug-likeness (QED) is 0.749. The summed E-state index contributed by atoms with van der Waals surface area (Å²) in [5.74, 6) is 0.795. The van der Waals surface area contributed by atoms with Crippen LogP contribution in [-0.2, 0) is 6.42 Å². The summed E-state index contributed by atoms with van der Waals surface area (Å²) in [5, 5.41) is 0.555. The highest BCUT2D eigenvalue weighted by molar-refractivity contribution is 6.30. The van der Waals surface area contributed by atoms with Crippen LogP contribution < -0.4 is 0 Å². The molecule has 0 amide bonds. The van der Waals surface area contributed by atoms with Gasteiger partial charge >= 0.3 is 0 Å². The van der Waals surface area contributed by atoms with E-state index in [0.717, 1.165) is 29.1 Å². The van der Waals surface area contributed by atoms with E-state index < -0.39 is 0 Å². The molecule has 0 radical (unpaired) electrons. The second kappa shape index (κ2) is 5.30. The molecule has 0 unspecified atom stereocenters. The zero-order valence-corrected chi connectivity index (χ0v) is 12.9. The van der Waals surface area contributed by atoms with Gasteiger partial charge in [-0.1, -0.05) is 24.6 Å². The minimum absolute atomic E-state index is 0.555. The molecule has 2 aromatic rings. The summed E-state index contributed by atoms with van der Waals surface area (Å²) in [6.45, 7) is 10.4. The van der Waals surface area contributed by atoms with E-state index in [-0.39, 0.29) is 0 Å². The van der Waals surface area contributed by atoms with Crippen LogP contribution in [0.3, 0.4) is 0 Å². The number of rotatable bonds is 2. The van der Waals surface area contributed by atoms with Crippen LogP contribution in [0.1, 0.15) is 35.0 Å². The normalized spacial score (nSPS) is 10.8. The largest absolute Gasteiger partial charge is 0.233 e.